The standard InChI is InChI=1S/C10H19N3O2/c1-3-4-7(11)9(14)12-8-5-6-13(2)10(8)15/h7-8H,3-6,11H2,1-2H3,(H,12,14)/t7-,8?/m0/s1. The van der Waals surface area contributed by atoms with Gasteiger partial charge in [-0.25, -0.2) is 0 Å². The first-order valence-electron chi connectivity index (χ1n) is 5.37. The van der Waals surface area contributed by atoms with Crippen molar-refractivity contribution in [2.45, 2.75) is 38.3 Å². The van der Waals surface area contributed by atoms with Gasteiger partial charge in [0.25, 0.3) is 0 Å². The molecule has 0 radical (unpaired) electrons. The van der Waals surface area contributed by atoms with Gasteiger partial charge in [-0.1, -0.05) is 13.3 Å². The third-order valence-corrected chi connectivity index (χ3v) is 2.68. The Bertz CT molecular complexity index is 255. The zero-order valence-electron chi connectivity index (χ0n) is 9.32. The van der Waals surface area contributed by atoms with Gasteiger partial charge < -0.3 is 16.0 Å². The van der Waals surface area contributed by atoms with E-state index in [1.54, 1.807) is 11.9 Å². The zero-order valence-corrected chi connectivity index (χ0v) is 9.32. The summed E-state index contributed by atoms with van der Waals surface area (Å²) in [6.07, 6.45) is 2.20. The minimum atomic E-state index is -0.492. The SMILES string of the molecule is CCC[C@H](N)C(=O)NC1CCN(C)C1=O. The van der Waals surface area contributed by atoms with Crippen LogP contribution in [0.1, 0.15) is 26.2 Å². The molecule has 1 aliphatic heterocycles. The number of nitrogens with two attached hydrogens (primary N) is 1. The number of rotatable bonds is 4. The van der Waals surface area contributed by atoms with E-state index < -0.39 is 6.04 Å². The predicted molar refractivity (Wildman–Crippen MR) is 57.1 cm³/mol. The normalized spacial score (nSPS) is 23.0. The highest BCUT2D eigenvalue weighted by Crippen LogP contribution is 2.08. The van der Waals surface area contributed by atoms with Gasteiger partial charge in [-0.15, -0.1) is 0 Å². The van der Waals surface area contributed by atoms with Gasteiger partial charge in [0.15, 0.2) is 0 Å². The Morgan fingerprint density at radius 3 is 2.87 bits per heavy atom. The van der Waals surface area contributed by atoms with Crippen LogP contribution in [0.2, 0.25) is 0 Å². The molecule has 0 spiro atoms. The molecule has 0 aromatic heterocycles. The first kappa shape index (κ1) is 12.0. The lowest BCUT2D eigenvalue weighted by Gasteiger charge is -2.15. The van der Waals surface area contributed by atoms with Crippen LogP contribution >= 0.6 is 0 Å². The number of carbonyl (C=O) groups is 2. The second-order valence-corrected chi connectivity index (χ2v) is 4.00. The molecule has 1 aliphatic rings. The lowest BCUT2D eigenvalue weighted by molar-refractivity contribution is -0.132. The summed E-state index contributed by atoms with van der Waals surface area (Å²) in [6.45, 7) is 2.68. The summed E-state index contributed by atoms with van der Waals surface area (Å²) in [7, 11) is 1.74. The van der Waals surface area contributed by atoms with Crippen LogP contribution in [0, 0.1) is 0 Å². The molecule has 0 aromatic rings. The van der Waals surface area contributed by atoms with Crippen molar-refractivity contribution in [2.24, 2.45) is 5.73 Å². The van der Waals surface area contributed by atoms with E-state index in [1.807, 2.05) is 6.92 Å². The molecule has 1 fully saturated rings. The molecule has 0 bridgehead atoms. The van der Waals surface area contributed by atoms with Crippen molar-refractivity contribution >= 4 is 11.8 Å². The van der Waals surface area contributed by atoms with E-state index in [4.69, 9.17) is 5.73 Å². The van der Waals surface area contributed by atoms with Crippen molar-refractivity contribution in [3.05, 3.63) is 0 Å². The van der Waals surface area contributed by atoms with E-state index in [-0.39, 0.29) is 17.9 Å². The van der Waals surface area contributed by atoms with E-state index in [9.17, 15) is 9.59 Å². The summed E-state index contributed by atoms with van der Waals surface area (Å²) < 4.78 is 0. The second kappa shape index (κ2) is 5.11. The number of hydrogen-bond donors (Lipinski definition) is 2. The maximum absolute atomic E-state index is 11.5. The van der Waals surface area contributed by atoms with Crippen LogP contribution in [0.3, 0.4) is 0 Å². The van der Waals surface area contributed by atoms with Gasteiger partial charge in [0, 0.05) is 13.6 Å². The Kier molecular flexibility index (Phi) is 4.08. The van der Waals surface area contributed by atoms with E-state index in [1.165, 1.54) is 0 Å². The molecule has 0 saturated carbocycles. The van der Waals surface area contributed by atoms with Gasteiger partial charge in [-0.2, -0.15) is 0 Å². The smallest absolute Gasteiger partial charge is 0.244 e. The van der Waals surface area contributed by atoms with Crippen molar-refractivity contribution < 1.29 is 9.59 Å². The highest BCUT2D eigenvalue weighted by Gasteiger charge is 2.31. The maximum atomic E-state index is 11.5. The first-order valence-corrected chi connectivity index (χ1v) is 5.37. The van der Waals surface area contributed by atoms with Gasteiger partial charge in [0.05, 0.1) is 6.04 Å². The zero-order chi connectivity index (χ0) is 11.4. The summed E-state index contributed by atoms with van der Waals surface area (Å²) >= 11 is 0. The average molecular weight is 213 g/mol. The number of nitrogens with one attached hydrogen (secondary N) is 1. The Labute approximate surface area is 90.0 Å². The van der Waals surface area contributed by atoms with Gasteiger partial charge in [-0.05, 0) is 12.8 Å². The Morgan fingerprint density at radius 2 is 2.40 bits per heavy atom. The van der Waals surface area contributed by atoms with Crippen molar-refractivity contribution in [3.63, 3.8) is 0 Å². The molecule has 5 heteroatoms. The van der Waals surface area contributed by atoms with Crippen LogP contribution in [0.25, 0.3) is 0 Å². The monoisotopic (exact) mass is 213 g/mol. The second-order valence-electron chi connectivity index (χ2n) is 4.00. The van der Waals surface area contributed by atoms with Gasteiger partial charge in [0.2, 0.25) is 11.8 Å². The molecule has 1 heterocycles. The molecule has 1 saturated heterocycles. The van der Waals surface area contributed by atoms with E-state index in [0.717, 1.165) is 6.42 Å². The minimum Gasteiger partial charge on any atom is -0.344 e. The Hall–Kier alpha value is -1.10. The van der Waals surface area contributed by atoms with Crippen LogP contribution in [0.4, 0.5) is 0 Å². The number of nitrogens with zero attached hydrogens (tertiary/aromatic N) is 1. The topological polar surface area (TPSA) is 75.4 Å². The number of carbonyl (C=O) groups excluding carboxylic acids is 2. The quantitative estimate of drug-likeness (QED) is 0.658. The summed E-state index contributed by atoms with van der Waals surface area (Å²) in [5.41, 5.74) is 5.65. The Balaban J connectivity index is 2.42. The van der Waals surface area contributed by atoms with E-state index in [0.29, 0.717) is 19.4 Å². The van der Waals surface area contributed by atoms with Crippen LogP contribution in [-0.2, 0) is 9.59 Å². The summed E-state index contributed by atoms with van der Waals surface area (Å²) in [4.78, 5) is 24.6. The van der Waals surface area contributed by atoms with Crippen LogP contribution in [0.5, 0.6) is 0 Å². The van der Waals surface area contributed by atoms with Crippen molar-refractivity contribution in [2.75, 3.05) is 13.6 Å². The molecule has 1 unspecified atom stereocenters. The number of amides is 2. The van der Waals surface area contributed by atoms with E-state index >= 15 is 0 Å². The highest BCUT2D eigenvalue weighted by atomic mass is 16.2. The fourth-order valence-electron chi connectivity index (χ4n) is 1.68. The average Bonchev–Trinajstić information content (AvgIpc) is 2.50. The van der Waals surface area contributed by atoms with Gasteiger partial charge in [0.1, 0.15) is 6.04 Å². The molecule has 5 nitrogen and oxygen atoms in total. The van der Waals surface area contributed by atoms with E-state index in [2.05, 4.69) is 5.32 Å². The predicted octanol–water partition coefficient (Wildman–Crippen LogP) is -0.539. The molecule has 3 N–H and O–H groups in total. The van der Waals surface area contributed by atoms with Crippen LogP contribution < -0.4 is 11.1 Å². The largest absolute Gasteiger partial charge is 0.344 e. The fourth-order valence-corrected chi connectivity index (χ4v) is 1.68. The number of likely N-dealkylation sites (N-methyl/N-ethyl adjacent to an activating group) is 1. The summed E-state index contributed by atoms with van der Waals surface area (Å²) in [5.74, 6) is -0.238. The van der Waals surface area contributed by atoms with Gasteiger partial charge >= 0.3 is 0 Å². The molecular formula is C10H19N3O2. The third-order valence-electron chi connectivity index (χ3n) is 2.68. The minimum absolute atomic E-state index is 0.0213. The van der Waals surface area contributed by atoms with Gasteiger partial charge in [-0.3, -0.25) is 9.59 Å². The summed E-state index contributed by atoms with van der Waals surface area (Å²) in [5, 5.41) is 2.69. The molecule has 86 valence electrons. The Morgan fingerprint density at radius 1 is 1.73 bits per heavy atom. The third kappa shape index (κ3) is 2.92. The lowest BCUT2D eigenvalue weighted by atomic mass is 10.1. The van der Waals surface area contributed by atoms with Crippen LogP contribution in [-0.4, -0.2) is 42.4 Å². The van der Waals surface area contributed by atoms with Crippen molar-refractivity contribution in [1.82, 2.24) is 10.2 Å². The maximum Gasteiger partial charge on any atom is 0.244 e. The molecular weight excluding hydrogens is 194 g/mol. The molecule has 0 aliphatic carbocycles. The summed E-state index contributed by atoms with van der Waals surface area (Å²) in [6, 6.07) is -0.862. The molecule has 2 amide bonds. The molecule has 0 aromatic carbocycles. The number of hydrogen-bond acceptors (Lipinski definition) is 3. The van der Waals surface area contributed by atoms with Crippen molar-refractivity contribution in [3.8, 4) is 0 Å². The van der Waals surface area contributed by atoms with Crippen LogP contribution in [0.15, 0.2) is 0 Å². The fraction of sp³-hybridized carbons (Fsp3) is 0.800. The highest BCUT2D eigenvalue weighted by molar-refractivity contribution is 5.90. The molecule has 1 rings (SSSR count). The number of likely N-dealkylation sites (tertiary alicyclic amines) is 1. The molecule has 15 heavy (non-hydrogen) atoms. The van der Waals surface area contributed by atoms with Crippen molar-refractivity contribution in [1.29, 1.82) is 0 Å². The first-order chi connectivity index (χ1) is 7.06. The molecule has 2 atom stereocenters. The lowest BCUT2D eigenvalue weighted by Crippen LogP contribution is -2.47.